The number of nitrogens with zero attached hydrogens (tertiary/aromatic N) is 2. The first-order valence-corrected chi connectivity index (χ1v) is 15.3. The highest BCUT2D eigenvalue weighted by Gasteiger charge is 2.50. The molecule has 12 heteroatoms. The molecule has 3 fully saturated rings. The first-order chi connectivity index (χ1) is 21.3. The Morgan fingerprint density at radius 1 is 1.11 bits per heavy atom. The van der Waals surface area contributed by atoms with Crippen molar-refractivity contribution < 1.29 is 29.0 Å². The maximum atomic E-state index is 14.1. The summed E-state index contributed by atoms with van der Waals surface area (Å²) in [6, 6.07) is 12.8. The van der Waals surface area contributed by atoms with E-state index in [1.54, 1.807) is 23.1 Å². The lowest BCUT2D eigenvalue weighted by Crippen LogP contribution is -2.56. The second-order valence-electron chi connectivity index (χ2n) is 12.0. The van der Waals surface area contributed by atoms with Crippen LogP contribution < -0.4 is 20.7 Å². The Morgan fingerprint density at radius 2 is 1.93 bits per heavy atom. The van der Waals surface area contributed by atoms with Gasteiger partial charge in [-0.2, -0.15) is 0 Å². The van der Waals surface area contributed by atoms with E-state index in [-0.39, 0.29) is 36.5 Å². The van der Waals surface area contributed by atoms with E-state index in [4.69, 9.17) is 4.74 Å². The molecule has 0 spiro atoms. The van der Waals surface area contributed by atoms with E-state index >= 15 is 0 Å². The molecule has 3 aliphatic rings. The van der Waals surface area contributed by atoms with E-state index in [1.807, 2.05) is 30.3 Å². The van der Waals surface area contributed by atoms with Crippen LogP contribution in [0.4, 0.5) is 0 Å². The van der Waals surface area contributed by atoms with Gasteiger partial charge >= 0.3 is 0 Å². The Labute approximate surface area is 254 Å². The summed E-state index contributed by atoms with van der Waals surface area (Å²) < 4.78 is 5.40. The number of aliphatic hydroxyl groups excluding tert-OH is 1. The Hall–Kier alpha value is -4.45. The normalized spacial score (nSPS) is 24.0. The molecule has 44 heavy (non-hydrogen) atoms. The summed E-state index contributed by atoms with van der Waals surface area (Å²) in [5.74, 6) is -1.37. The predicted octanol–water partition coefficient (Wildman–Crippen LogP) is 1.50. The number of para-hydroxylation sites is 1. The number of H-pyrrole nitrogens is 1. The third kappa shape index (κ3) is 5.86. The molecule has 1 aromatic heterocycles. The van der Waals surface area contributed by atoms with Gasteiger partial charge in [0.05, 0.1) is 18.7 Å². The van der Waals surface area contributed by atoms with Crippen LogP contribution in [0.2, 0.25) is 0 Å². The van der Waals surface area contributed by atoms with Gasteiger partial charge in [-0.3, -0.25) is 19.2 Å². The number of carbonyl (C=O) groups excluding carboxylic acids is 4. The van der Waals surface area contributed by atoms with Gasteiger partial charge in [0, 0.05) is 25.6 Å². The van der Waals surface area contributed by atoms with Crippen LogP contribution >= 0.6 is 0 Å². The molecule has 1 aliphatic carbocycles. The number of methoxy groups -OCH3 is 1. The molecule has 4 amide bonds. The molecule has 0 bridgehead atoms. The number of aromatic nitrogens is 2. The van der Waals surface area contributed by atoms with Gasteiger partial charge in [-0.25, -0.2) is 4.98 Å². The summed E-state index contributed by atoms with van der Waals surface area (Å²) in [6.07, 6.45) is 1.69. The average Bonchev–Trinajstić information content (AvgIpc) is 3.83. The number of rotatable bonds is 10. The fourth-order valence-electron chi connectivity index (χ4n) is 7.04. The number of ether oxygens (including phenoxy) is 1. The monoisotopic (exact) mass is 602 g/mol. The van der Waals surface area contributed by atoms with Crippen molar-refractivity contribution in [1.82, 2.24) is 30.8 Å². The van der Waals surface area contributed by atoms with Gasteiger partial charge in [-0.05, 0) is 55.2 Å². The van der Waals surface area contributed by atoms with Gasteiger partial charge in [-0.1, -0.05) is 42.8 Å². The molecular formula is C32H38N6O6. The van der Waals surface area contributed by atoms with Gasteiger partial charge in [0.1, 0.15) is 17.3 Å². The first-order valence-electron chi connectivity index (χ1n) is 15.3. The van der Waals surface area contributed by atoms with Crippen LogP contribution in [-0.2, 0) is 20.9 Å². The molecule has 12 nitrogen and oxygen atoms in total. The lowest BCUT2D eigenvalue weighted by Gasteiger charge is -2.31. The molecule has 0 radical (unpaired) electrons. The van der Waals surface area contributed by atoms with Crippen LogP contribution in [0.15, 0.2) is 48.5 Å². The van der Waals surface area contributed by atoms with E-state index in [9.17, 15) is 24.3 Å². The number of carbonyl (C=O) groups is 4. The maximum absolute atomic E-state index is 14.1. The van der Waals surface area contributed by atoms with Crippen molar-refractivity contribution in [3.63, 3.8) is 0 Å². The van der Waals surface area contributed by atoms with Crippen LogP contribution in [0.25, 0.3) is 11.0 Å². The summed E-state index contributed by atoms with van der Waals surface area (Å²) in [5.41, 5.74) is 2.03. The predicted molar refractivity (Wildman–Crippen MR) is 160 cm³/mol. The Balaban J connectivity index is 1.22. The van der Waals surface area contributed by atoms with Gasteiger partial charge in [-0.15, -0.1) is 0 Å². The van der Waals surface area contributed by atoms with Crippen LogP contribution in [0.3, 0.4) is 0 Å². The zero-order valence-electron chi connectivity index (χ0n) is 24.6. The second kappa shape index (κ2) is 12.7. The topological polar surface area (TPSA) is 166 Å². The minimum absolute atomic E-state index is 0.0580. The van der Waals surface area contributed by atoms with Crippen molar-refractivity contribution in [2.45, 2.75) is 56.8 Å². The van der Waals surface area contributed by atoms with Crippen molar-refractivity contribution >= 4 is 34.7 Å². The third-order valence-electron chi connectivity index (χ3n) is 9.31. The average molecular weight is 603 g/mol. The van der Waals surface area contributed by atoms with Crippen LogP contribution in [0, 0.1) is 17.8 Å². The second-order valence-corrected chi connectivity index (χ2v) is 12.0. The zero-order chi connectivity index (χ0) is 30.8. The van der Waals surface area contributed by atoms with E-state index in [0.717, 1.165) is 24.8 Å². The summed E-state index contributed by atoms with van der Waals surface area (Å²) in [4.78, 5) is 62.6. The van der Waals surface area contributed by atoms with Gasteiger partial charge < -0.3 is 35.7 Å². The maximum Gasteiger partial charge on any atom is 0.290 e. The fourth-order valence-corrected chi connectivity index (χ4v) is 7.04. The number of hydrogen-bond acceptors (Lipinski definition) is 7. The molecule has 232 valence electrons. The summed E-state index contributed by atoms with van der Waals surface area (Å²) >= 11 is 0. The number of hydrogen-bond donors (Lipinski definition) is 5. The number of imidazole rings is 1. The van der Waals surface area contributed by atoms with Gasteiger partial charge in [0.15, 0.2) is 11.9 Å². The Kier molecular flexibility index (Phi) is 8.51. The van der Waals surface area contributed by atoms with Crippen LogP contribution in [0.5, 0.6) is 5.75 Å². The molecule has 2 aromatic carbocycles. The largest absolute Gasteiger partial charge is 0.494 e. The van der Waals surface area contributed by atoms with E-state index in [1.165, 1.54) is 7.11 Å². The third-order valence-corrected chi connectivity index (χ3v) is 9.31. The van der Waals surface area contributed by atoms with Crippen LogP contribution in [0.1, 0.15) is 48.3 Å². The number of fused-ring (bicyclic) bond motifs is 2. The highest BCUT2D eigenvalue weighted by Crippen LogP contribution is 2.43. The number of benzene rings is 2. The highest BCUT2D eigenvalue weighted by molar-refractivity contribution is 5.99. The van der Waals surface area contributed by atoms with Crippen molar-refractivity contribution in [3.05, 3.63) is 59.9 Å². The molecule has 6 rings (SSSR count). The smallest absolute Gasteiger partial charge is 0.290 e. The number of likely N-dealkylation sites (tertiary alicyclic amines) is 1. The number of nitrogens with one attached hydrogen (secondary N) is 4. The van der Waals surface area contributed by atoms with Crippen molar-refractivity contribution in [2.24, 2.45) is 17.8 Å². The molecule has 6 atom stereocenters. The number of amides is 4. The molecule has 3 heterocycles. The molecule has 5 N–H and O–H groups in total. The minimum Gasteiger partial charge on any atom is -0.494 e. The number of aliphatic hydroxyl groups is 1. The van der Waals surface area contributed by atoms with E-state index in [2.05, 4.69) is 25.9 Å². The van der Waals surface area contributed by atoms with Gasteiger partial charge in [0.25, 0.3) is 11.8 Å². The van der Waals surface area contributed by atoms with Crippen molar-refractivity contribution in [3.8, 4) is 5.75 Å². The molecule has 2 aliphatic heterocycles. The zero-order valence-corrected chi connectivity index (χ0v) is 24.6. The molecule has 3 aromatic rings. The quantitative estimate of drug-likeness (QED) is 0.235. The molecule has 2 saturated heterocycles. The molecule has 1 unspecified atom stereocenters. The lowest BCUT2D eigenvalue weighted by molar-refractivity contribution is -0.135. The van der Waals surface area contributed by atoms with Crippen molar-refractivity contribution in [1.29, 1.82) is 0 Å². The van der Waals surface area contributed by atoms with E-state index < -0.39 is 41.8 Å². The molecular weight excluding hydrogens is 564 g/mol. The van der Waals surface area contributed by atoms with Crippen molar-refractivity contribution in [2.75, 3.05) is 20.2 Å². The van der Waals surface area contributed by atoms with Crippen LogP contribution in [-0.4, -0.2) is 82.0 Å². The standard InChI is InChI=1S/C32H38N6O6/c1-44-24-12-6-11-22-25(24)37-28(35-22)32(43)38-17-20-9-5-10-21(20)26(38)30(41)36-23(15-19-13-14-33-29(19)40)27(39)31(42)34-16-18-7-3-2-4-8-18/h2-4,6-8,11-12,19-21,23,26-27,39H,5,9-10,13-17H2,1H3,(H,33,40)(H,34,42)(H,35,37)(H,36,41)/t19-,20-,21-,23-,26-,27?/m0/s1. The molecule has 1 saturated carbocycles. The summed E-state index contributed by atoms with van der Waals surface area (Å²) in [5, 5.41) is 19.6. The highest BCUT2D eigenvalue weighted by atomic mass is 16.5. The summed E-state index contributed by atoms with van der Waals surface area (Å²) in [7, 11) is 1.54. The minimum atomic E-state index is -1.59. The SMILES string of the molecule is COc1cccc2[nH]c(C(=O)N3C[C@@H]4CCC[C@@H]4[C@H]3C(=O)N[C@@H](C[C@@H]3CCNC3=O)C(O)C(=O)NCc3ccccc3)nc12. The fraction of sp³-hybridized carbons (Fsp3) is 0.469. The first kappa shape index (κ1) is 29.6. The number of aromatic amines is 1. The van der Waals surface area contributed by atoms with Gasteiger partial charge in [0.2, 0.25) is 11.8 Å². The van der Waals surface area contributed by atoms with E-state index in [0.29, 0.717) is 36.3 Å². The lowest BCUT2D eigenvalue weighted by atomic mass is 9.91. The Morgan fingerprint density at radius 3 is 2.68 bits per heavy atom. The summed E-state index contributed by atoms with van der Waals surface area (Å²) in [6.45, 7) is 1.11. The Bertz CT molecular complexity index is 1540.